The average molecular weight is 307 g/mol. The molecule has 0 aliphatic heterocycles. The van der Waals surface area contributed by atoms with Crippen LogP contribution in [0.4, 0.5) is 5.69 Å². The Morgan fingerprint density at radius 1 is 1.19 bits per heavy atom. The summed E-state index contributed by atoms with van der Waals surface area (Å²) in [5, 5.41) is 14.5. The number of hydrogen-bond donors (Lipinski definition) is 1. The van der Waals surface area contributed by atoms with Crippen molar-refractivity contribution in [1.29, 1.82) is 0 Å². The van der Waals surface area contributed by atoms with Gasteiger partial charge in [-0.25, -0.2) is 0 Å². The molecule has 1 aliphatic carbocycles. The SMILES string of the molecule is CC1=C(C)C[C@@H](C(=O)Nc2cccc(Cl)c2)[C@H](C(=O)[O-])C1. The summed E-state index contributed by atoms with van der Waals surface area (Å²) in [6, 6.07) is 6.78. The van der Waals surface area contributed by atoms with Crippen molar-refractivity contribution in [3.63, 3.8) is 0 Å². The van der Waals surface area contributed by atoms with Gasteiger partial charge in [-0.3, -0.25) is 4.79 Å². The summed E-state index contributed by atoms with van der Waals surface area (Å²) >= 11 is 5.87. The summed E-state index contributed by atoms with van der Waals surface area (Å²) in [5.74, 6) is -2.88. The van der Waals surface area contributed by atoms with Crippen molar-refractivity contribution in [2.75, 3.05) is 5.32 Å². The number of nitrogens with one attached hydrogen (secondary N) is 1. The van der Waals surface area contributed by atoms with Crippen molar-refractivity contribution in [2.45, 2.75) is 26.7 Å². The Kier molecular flexibility index (Phi) is 4.68. The van der Waals surface area contributed by atoms with Crippen LogP contribution in [0.15, 0.2) is 35.4 Å². The summed E-state index contributed by atoms with van der Waals surface area (Å²) in [6.45, 7) is 3.83. The first kappa shape index (κ1) is 15.6. The molecule has 0 spiro atoms. The molecule has 21 heavy (non-hydrogen) atoms. The molecule has 2 atom stereocenters. The number of hydrogen-bond acceptors (Lipinski definition) is 3. The van der Waals surface area contributed by atoms with Crippen LogP contribution >= 0.6 is 11.6 Å². The quantitative estimate of drug-likeness (QED) is 0.872. The molecule has 0 aromatic heterocycles. The van der Waals surface area contributed by atoms with Crippen molar-refractivity contribution in [3.8, 4) is 0 Å². The van der Waals surface area contributed by atoms with Crippen molar-refractivity contribution < 1.29 is 14.7 Å². The predicted octanol–water partition coefficient (Wildman–Crippen LogP) is 2.39. The van der Waals surface area contributed by atoms with Crippen LogP contribution in [0.1, 0.15) is 26.7 Å². The molecule has 1 N–H and O–H groups in total. The maximum Gasteiger partial charge on any atom is 0.228 e. The molecule has 1 aromatic rings. The van der Waals surface area contributed by atoms with Crippen LogP contribution in [-0.4, -0.2) is 11.9 Å². The second-order valence-corrected chi connectivity index (χ2v) is 5.94. The van der Waals surface area contributed by atoms with Gasteiger partial charge in [-0.15, -0.1) is 0 Å². The van der Waals surface area contributed by atoms with E-state index in [1.165, 1.54) is 0 Å². The number of carbonyl (C=O) groups excluding carboxylic acids is 2. The van der Waals surface area contributed by atoms with E-state index >= 15 is 0 Å². The van der Waals surface area contributed by atoms with Gasteiger partial charge in [0.05, 0.1) is 5.92 Å². The number of benzene rings is 1. The van der Waals surface area contributed by atoms with Gasteiger partial charge < -0.3 is 15.2 Å². The molecule has 0 unspecified atom stereocenters. The van der Waals surface area contributed by atoms with Crippen molar-refractivity contribution in [3.05, 3.63) is 40.4 Å². The van der Waals surface area contributed by atoms with Crippen LogP contribution in [0.25, 0.3) is 0 Å². The molecule has 0 saturated carbocycles. The Morgan fingerprint density at radius 3 is 2.38 bits per heavy atom. The molecule has 4 nitrogen and oxygen atoms in total. The molecular formula is C16H17ClNO3-. The van der Waals surface area contributed by atoms with Crippen LogP contribution in [-0.2, 0) is 9.59 Å². The number of rotatable bonds is 3. The van der Waals surface area contributed by atoms with Gasteiger partial charge in [0.2, 0.25) is 5.91 Å². The fraction of sp³-hybridized carbons (Fsp3) is 0.375. The summed E-state index contributed by atoms with van der Waals surface area (Å²) in [5.41, 5.74) is 2.66. The van der Waals surface area contributed by atoms with Gasteiger partial charge in [-0.05, 0) is 44.9 Å². The molecule has 112 valence electrons. The monoisotopic (exact) mass is 306 g/mol. The fourth-order valence-corrected chi connectivity index (χ4v) is 2.81. The Balaban J connectivity index is 2.18. The molecular weight excluding hydrogens is 290 g/mol. The Labute approximate surface area is 128 Å². The number of carbonyl (C=O) groups is 2. The van der Waals surface area contributed by atoms with E-state index in [4.69, 9.17) is 11.6 Å². The number of aliphatic carboxylic acids is 1. The highest BCUT2D eigenvalue weighted by molar-refractivity contribution is 6.30. The smallest absolute Gasteiger partial charge is 0.228 e. The minimum absolute atomic E-state index is 0.307. The molecule has 0 fully saturated rings. The van der Waals surface area contributed by atoms with Crippen LogP contribution < -0.4 is 10.4 Å². The maximum atomic E-state index is 12.4. The van der Waals surface area contributed by atoms with E-state index in [1.807, 2.05) is 13.8 Å². The van der Waals surface area contributed by atoms with Gasteiger partial charge in [0.25, 0.3) is 0 Å². The first-order valence-corrected chi connectivity index (χ1v) is 7.18. The zero-order valence-corrected chi connectivity index (χ0v) is 12.7. The van der Waals surface area contributed by atoms with E-state index in [-0.39, 0.29) is 5.91 Å². The zero-order valence-electron chi connectivity index (χ0n) is 12.0. The third-order valence-electron chi connectivity index (χ3n) is 4.00. The second-order valence-electron chi connectivity index (χ2n) is 5.50. The minimum Gasteiger partial charge on any atom is -0.550 e. The zero-order chi connectivity index (χ0) is 15.6. The molecule has 0 saturated heterocycles. The first-order valence-electron chi connectivity index (χ1n) is 6.81. The van der Waals surface area contributed by atoms with Crippen molar-refractivity contribution in [1.82, 2.24) is 0 Å². The van der Waals surface area contributed by atoms with Gasteiger partial charge in [-0.1, -0.05) is 28.8 Å². The van der Waals surface area contributed by atoms with Crippen LogP contribution in [0.2, 0.25) is 5.02 Å². The molecule has 0 heterocycles. The summed E-state index contributed by atoms with van der Waals surface area (Å²) in [6.07, 6.45) is 0.804. The summed E-state index contributed by atoms with van der Waals surface area (Å²) in [4.78, 5) is 23.7. The highest BCUT2D eigenvalue weighted by Gasteiger charge is 2.33. The Morgan fingerprint density at radius 2 is 1.81 bits per heavy atom. The average Bonchev–Trinajstić information content (AvgIpc) is 2.41. The molecule has 1 aliphatic rings. The van der Waals surface area contributed by atoms with E-state index in [0.29, 0.717) is 23.6 Å². The van der Waals surface area contributed by atoms with Gasteiger partial charge in [0.1, 0.15) is 0 Å². The number of carboxylic acid groups (broad SMARTS) is 1. The number of amides is 1. The van der Waals surface area contributed by atoms with E-state index in [1.54, 1.807) is 24.3 Å². The van der Waals surface area contributed by atoms with Gasteiger partial charge in [-0.2, -0.15) is 0 Å². The lowest BCUT2D eigenvalue weighted by Gasteiger charge is -2.32. The van der Waals surface area contributed by atoms with Crippen LogP contribution in [0, 0.1) is 11.8 Å². The third kappa shape index (κ3) is 3.64. The van der Waals surface area contributed by atoms with Gasteiger partial charge >= 0.3 is 0 Å². The standard InChI is InChI=1S/C16H18ClNO3/c1-9-6-13(14(16(20)21)7-10(9)2)15(19)18-12-5-3-4-11(17)8-12/h3-5,8,13-14H,6-7H2,1-2H3,(H,18,19)(H,20,21)/p-1/t13-,14-/m1/s1. The molecule has 0 radical (unpaired) electrons. The van der Waals surface area contributed by atoms with Crippen LogP contribution in [0.3, 0.4) is 0 Å². The van der Waals surface area contributed by atoms with E-state index < -0.39 is 17.8 Å². The summed E-state index contributed by atoms with van der Waals surface area (Å²) in [7, 11) is 0. The highest BCUT2D eigenvalue weighted by Crippen LogP contribution is 2.34. The topological polar surface area (TPSA) is 69.2 Å². The fourth-order valence-electron chi connectivity index (χ4n) is 2.62. The molecule has 1 aromatic carbocycles. The molecule has 5 heteroatoms. The number of allylic oxidation sites excluding steroid dienone is 2. The summed E-state index contributed by atoms with van der Waals surface area (Å²) < 4.78 is 0. The van der Waals surface area contributed by atoms with Gasteiger partial charge in [0.15, 0.2) is 0 Å². The highest BCUT2D eigenvalue weighted by atomic mass is 35.5. The molecule has 2 rings (SSSR count). The lowest BCUT2D eigenvalue weighted by atomic mass is 9.76. The Bertz CT molecular complexity index is 609. The Hall–Kier alpha value is -1.81. The molecule has 0 bridgehead atoms. The van der Waals surface area contributed by atoms with E-state index in [9.17, 15) is 14.7 Å². The number of halogens is 1. The predicted molar refractivity (Wildman–Crippen MR) is 79.7 cm³/mol. The largest absolute Gasteiger partial charge is 0.550 e. The maximum absolute atomic E-state index is 12.4. The van der Waals surface area contributed by atoms with Crippen molar-refractivity contribution in [2.24, 2.45) is 11.8 Å². The molecule has 1 amide bonds. The number of carboxylic acids is 1. The van der Waals surface area contributed by atoms with E-state index in [0.717, 1.165) is 11.1 Å². The van der Waals surface area contributed by atoms with E-state index in [2.05, 4.69) is 5.32 Å². The minimum atomic E-state index is -1.17. The third-order valence-corrected chi connectivity index (χ3v) is 4.23. The second kappa shape index (κ2) is 6.31. The lowest BCUT2D eigenvalue weighted by molar-refractivity contribution is -0.313. The van der Waals surface area contributed by atoms with Crippen molar-refractivity contribution >= 4 is 29.2 Å². The van der Waals surface area contributed by atoms with Gasteiger partial charge in [0, 0.05) is 22.6 Å². The van der Waals surface area contributed by atoms with Crippen LogP contribution in [0.5, 0.6) is 0 Å². The normalized spacial score (nSPS) is 22.0. The number of anilines is 1. The lowest BCUT2D eigenvalue weighted by Crippen LogP contribution is -2.42. The first-order chi connectivity index (χ1) is 9.88.